The fourth-order valence-electron chi connectivity index (χ4n) is 3.74. The molecule has 6 nitrogen and oxygen atoms in total. The number of esters is 1. The molecule has 3 rings (SSSR count). The van der Waals surface area contributed by atoms with E-state index < -0.39 is 18.1 Å². The molecule has 0 saturated heterocycles. The van der Waals surface area contributed by atoms with Crippen molar-refractivity contribution in [2.45, 2.75) is 52.3 Å². The van der Waals surface area contributed by atoms with Gasteiger partial charge in [-0.1, -0.05) is 68.4 Å². The predicted octanol–water partition coefficient (Wildman–Crippen LogP) is 2.89. The zero-order valence-electron chi connectivity index (χ0n) is 18.3. The molecular formula is C25H30N2O4. The lowest BCUT2D eigenvalue weighted by atomic mass is 9.99. The molecule has 2 aromatic rings. The largest absolute Gasteiger partial charge is 0.451 e. The van der Waals surface area contributed by atoms with Gasteiger partial charge in [0, 0.05) is 13.1 Å². The number of ether oxygens (including phenoxy) is 1. The molecule has 0 bridgehead atoms. The Morgan fingerprint density at radius 3 is 2.29 bits per heavy atom. The number of carbonyl (C=O) groups excluding carboxylic acids is 3. The van der Waals surface area contributed by atoms with Gasteiger partial charge in [-0.25, -0.2) is 4.79 Å². The Balaban J connectivity index is 1.57. The first-order chi connectivity index (χ1) is 14.8. The molecule has 0 spiro atoms. The molecule has 1 aliphatic heterocycles. The van der Waals surface area contributed by atoms with Gasteiger partial charge < -0.3 is 15.0 Å². The maximum atomic E-state index is 12.9. The van der Waals surface area contributed by atoms with E-state index in [0.717, 1.165) is 17.5 Å². The van der Waals surface area contributed by atoms with Gasteiger partial charge in [0.15, 0.2) is 6.10 Å². The highest BCUT2D eigenvalue weighted by atomic mass is 16.5. The molecule has 1 N–H and O–H groups in total. The first-order valence-electron chi connectivity index (χ1n) is 10.7. The lowest BCUT2D eigenvalue weighted by molar-refractivity contribution is -0.162. The van der Waals surface area contributed by atoms with Crippen molar-refractivity contribution in [3.05, 3.63) is 71.3 Å². The van der Waals surface area contributed by atoms with E-state index in [2.05, 4.69) is 11.4 Å². The first kappa shape index (κ1) is 22.5. The van der Waals surface area contributed by atoms with E-state index in [4.69, 9.17) is 4.74 Å². The predicted molar refractivity (Wildman–Crippen MR) is 118 cm³/mol. The monoisotopic (exact) mass is 422 g/mol. The highest BCUT2D eigenvalue weighted by Crippen LogP contribution is 2.19. The normalized spacial score (nSPS) is 15.0. The van der Waals surface area contributed by atoms with Crippen molar-refractivity contribution in [2.24, 2.45) is 5.92 Å². The summed E-state index contributed by atoms with van der Waals surface area (Å²) in [6.07, 6.45) is 0.0520. The van der Waals surface area contributed by atoms with E-state index in [9.17, 15) is 14.4 Å². The van der Waals surface area contributed by atoms with Crippen LogP contribution in [0.4, 0.5) is 0 Å². The van der Waals surface area contributed by atoms with Crippen LogP contribution in [0.3, 0.4) is 0 Å². The van der Waals surface area contributed by atoms with E-state index in [1.807, 2.05) is 62.4 Å². The molecule has 0 aliphatic carbocycles. The summed E-state index contributed by atoms with van der Waals surface area (Å²) in [7, 11) is 0. The number of benzene rings is 2. The molecule has 1 heterocycles. The van der Waals surface area contributed by atoms with Crippen LogP contribution in [0.2, 0.25) is 0 Å². The molecule has 164 valence electrons. The average molecular weight is 423 g/mol. The average Bonchev–Trinajstić information content (AvgIpc) is 2.77. The van der Waals surface area contributed by atoms with Crippen molar-refractivity contribution in [1.29, 1.82) is 0 Å². The molecular weight excluding hydrogens is 392 g/mol. The summed E-state index contributed by atoms with van der Waals surface area (Å²) in [5, 5.41) is 2.76. The van der Waals surface area contributed by atoms with Gasteiger partial charge in [0.25, 0.3) is 5.91 Å². The van der Waals surface area contributed by atoms with E-state index in [1.54, 1.807) is 11.8 Å². The van der Waals surface area contributed by atoms with Crippen molar-refractivity contribution < 1.29 is 19.1 Å². The summed E-state index contributed by atoms with van der Waals surface area (Å²) in [6, 6.07) is 16.6. The third-order valence-electron chi connectivity index (χ3n) is 5.53. The Morgan fingerprint density at radius 1 is 0.968 bits per heavy atom. The number of nitrogens with one attached hydrogen (secondary N) is 1. The smallest absolute Gasteiger partial charge is 0.329 e. The molecule has 2 aromatic carbocycles. The minimum Gasteiger partial charge on any atom is -0.451 e. The molecule has 0 aromatic heterocycles. The van der Waals surface area contributed by atoms with Crippen molar-refractivity contribution >= 4 is 17.8 Å². The number of hydrogen-bond donors (Lipinski definition) is 1. The number of nitrogens with zero attached hydrogens (tertiary/aromatic N) is 1. The van der Waals surface area contributed by atoms with Crippen LogP contribution in [0, 0.1) is 5.92 Å². The van der Waals surface area contributed by atoms with E-state index >= 15 is 0 Å². The Morgan fingerprint density at radius 2 is 1.61 bits per heavy atom. The van der Waals surface area contributed by atoms with Gasteiger partial charge in [0.2, 0.25) is 5.91 Å². The van der Waals surface area contributed by atoms with Crippen LogP contribution in [-0.2, 0) is 38.5 Å². The van der Waals surface area contributed by atoms with Crippen molar-refractivity contribution in [3.63, 3.8) is 0 Å². The second-order valence-electron chi connectivity index (χ2n) is 8.31. The van der Waals surface area contributed by atoms with Crippen LogP contribution in [-0.4, -0.2) is 41.4 Å². The number of rotatable bonds is 7. The molecule has 31 heavy (non-hydrogen) atoms. The highest BCUT2D eigenvalue weighted by Gasteiger charge is 2.31. The Labute approximate surface area is 183 Å². The number of amides is 2. The maximum absolute atomic E-state index is 12.9. The van der Waals surface area contributed by atoms with E-state index in [-0.39, 0.29) is 24.2 Å². The van der Waals surface area contributed by atoms with Crippen molar-refractivity contribution in [2.75, 3.05) is 6.54 Å². The number of carbonyl (C=O) groups is 3. The molecule has 2 amide bonds. The first-order valence-corrected chi connectivity index (χ1v) is 10.7. The quantitative estimate of drug-likeness (QED) is 0.696. The van der Waals surface area contributed by atoms with Gasteiger partial charge in [0.05, 0.1) is 6.42 Å². The fourth-order valence-corrected chi connectivity index (χ4v) is 3.74. The molecule has 0 saturated carbocycles. The van der Waals surface area contributed by atoms with Crippen LogP contribution < -0.4 is 5.32 Å². The number of fused-ring (bicyclic) bond motifs is 1. The summed E-state index contributed by atoms with van der Waals surface area (Å²) in [5.41, 5.74) is 3.23. The summed E-state index contributed by atoms with van der Waals surface area (Å²) in [5.74, 6) is -1.24. The lowest BCUT2D eigenvalue weighted by Crippen LogP contribution is -2.49. The van der Waals surface area contributed by atoms with Crippen LogP contribution in [0.15, 0.2) is 54.6 Å². The minimum absolute atomic E-state index is 0.170. The standard InChI is InChI=1S/C25H30N2O4/c1-17(2)23(26-22(28)15-19-9-5-4-6-10-19)25(30)31-18(3)24(29)27-14-13-20-11-7-8-12-21(20)16-27/h4-12,17-18,23H,13-16H2,1-3H3,(H,26,28)/t18-,23-/m0/s1. The lowest BCUT2D eigenvalue weighted by Gasteiger charge is -2.31. The van der Waals surface area contributed by atoms with Gasteiger partial charge in [-0.15, -0.1) is 0 Å². The van der Waals surface area contributed by atoms with Crippen LogP contribution in [0.25, 0.3) is 0 Å². The maximum Gasteiger partial charge on any atom is 0.329 e. The third-order valence-corrected chi connectivity index (χ3v) is 5.53. The second kappa shape index (κ2) is 10.2. The van der Waals surface area contributed by atoms with Gasteiger partial charge in [-0.05, 0) is 36.0 Å². The second-order valence-corrected chi connectivity index (χ2v) is 8.31. The number of hydrogen-bond acceptors (Lipinski definition) is 4. The topological polar surface area (TPSA) is 75.7 Å². The van der Waals surface area contributed by atoms with Gasteiger partial charge in [-0.2, -0.15) is 0 Å². The van der Waals surface area contributed by atoms with Crippen LogP contribution in [0.1, 0.15) is 37.5 Å². The molecule has 6 heteroatoms. The zero-order chi connectivity index (χ0) is 22.4. The zero-order valence-corrected chi connectivity index (χ0v) is 18.3. The van der Waals surface area contributed by atoms with Gasteiger partial charge in [-0.3, -0.25) is 9.59 Å². The summed E-state index contributed by atoms with van der Waals surface area (Å²) < 4.78 is 5.48. The minimum atomic E-state index is -0.912. The van der Waals surface area contributed by atoms with Crippen LogP contribution in [0.5, 0.6) is 0 Å². The Hall–Kier alpha value is -3.15. The Bertz CT molecular complexity index is 926. The molecule has 0 fully saturated rings. The SMILES string of the molecule is CC(C)[C@H](NC(=O)Cc1ccccc1)C(=O)O[C@@H](C)C(=O)N1CCc2ccccc2C1. The van der Waals surface area contributed by atoms with E-state index in [1.165, 1.54) is 5.56 Å². The molecule has 1 aliphatic rings. The van der Waals surface area contributed by atoms with Crippen molar-refractivity contribution in [3.8, 4) is 0 Å². The van der Waals surface area contributed by atoms with E-state index in [0.29, 0.717) is 13.1 Å². The Kier molecular flexibility index (Phi) is 7.45. The third kappa shape index (κ3) is 5.94. The van der Waals surface area contributed by atoms with Gasteiger partial charge in [0.1, 0.15) is 6.04 Å². The van der Waals surface area contributed by atoms with Crippen molar-refractivity contribution in [1.82, 2.24) is 10.2 Å². The summed E-state index contributed by atoms with van der Waals surface area (Å²) >= 11 is 0. The van der Waals surface area contributed by atoms with Crippen LogP contribution >= 0.6 is 0 Å². The highest BCUT2D eigenvalue weighted by molar-refractivity contribution is 5.88. The molecule has 0 radical (unpaired) electrons. The van der Waals surface area contributed by atoms with Gasteiger partial charge >= 0.3 is 5.97 Å². The molecule has 0 unspecified atom stereocenters. The summed E-state index contributed by atoms with van der Waals surface area (Å²) in [4.78, 5) is 39.8. The molecule has 2 atom stereocenters. The fraction of sp³-hybridized carbons (Fsp3) is 0.400. The summed E-state index contributed by atoms with van der Waals surface area (Å²) in [6.45, 7) is 6.37.